The smallest absolute Gasteiger partial charge is 0.303 e. The molecule has 0 unspecified atom stereocenters. The molecule has 0 bridgehead atoms. The van der Waals surface area contributed by atoms with E-state index in [2.05, 4.69) is 4.52 Å². The lowest BCUT2D eigenvalue weighted by molar-refractivity contribution is 0.126. The second kappa shape index (κ2) is 10.2. The summed E-state index contributed by atoms with van der Waals surface area (Å²) in [4.78, 5) is 15.4. The first-order chi connectivity index (χ1) is 7.74. The van der Waals surface area contributed by atoms with E-state index in [1.807, 2.05) is 0 Å². The summed E-state index contributed by atoms with van der Waals surface area (Å²) in [5.41, 5.74) is 0. The number of rotatable bonds is 7. The van der Waals surface area contributed by atoms with Gasteiger partial charge in [-0.3, -0.25) is 18.1 Å². The van der Waals surface area contributed by atoms with Crippen LogP contribution in [0.2, 0.25) is 0 Å². The summed E-state index contributed by atoms with van der Waals surface area (Å²) in [6.45, 7) is 6.21. The highest BCUT2D eigenvalue weighted by atomic mass is 31.2. The summed E-state index contributed by atoms with van der Waals surface area (Å²) < 4.78 is 38.9. The van der Waals surface area contributed by atoms with Crippen LogP contribution < -0.4 is 0 Å². The topological polar surface area (TPSA) is 112 Å². The van der Waals surface area contributed by atoms with Gasteiger partial charge in [0.2, 0.25) is 0 Å². The average Bonchev–Trinajstić information content (AvgIpc) is 2.18. The number of phosphoric ester groups is 2. The molecular weight excluding hydrogens is 274 g/mol. The van der Waals surface area contributed by atoms with Crippen LogP contribution in [0.1, 0.15) is 20.8 Å². The Balaban J connectivity index is 0. The molecule has 0 aliphatic rings. The van der Waals surface area contributed by atoms with Gasteiger partial charge >= 0.3 is 15.6 Å². The largest absolute Gasteiger partial charge is 0.474 e. The van der Waals surface area contributed by atoms with E-state index in [1.54, 1.807) is 20.8 Å². The van der Waals surface area contributed by atoms with Crippen molar-refractivity contribution in [1.82, 2.24) is 0 Å². The Morgan fingerprint density at radius 1 is 0.882 bits per heavy atom. The summed E-state index contributed by atoms with van der Waals surface area (Å²) in [5.74, 6) is 0. The molecule has 17 heavy (non-hydrogen) atoms. The molecular formula is C7H20O8P2. The molecule has 10 heteroatoms. The molecule has 0 heterocycles. The van der Waals surface area contributed by atoms with Crippen LogP contribution in [0.25, 0.3) is 0 Å². The van der Waals surface area contributed by atoms with Crippen molar-refractivity contribution in [3.05, 3.63) is 0 Å². The van der Waals surface area contributed by atoms with Crippen molar-refractivity contribution in [2.75, 3.05) is 26.9 Å². The van der Waals surface area contributed by atoms with Gasteiger partial charge in [-0.1, -0.05) is 0 Å². The Bertz CT molecular complexity index is 239. The predicted octanol–water partition coefficient (Wildman–Crippen LogP) is 1.93. The summed E-state index contributed by atoms with van der Waals surface area (Å²) in [6.07, 6.45) is 0. The van der Waals surface area contributed by atoms with Crippen LogP contribution in [0, 0.1) is 0 Å². The zero-order chi connectivity index (χ0) is 13.9. The first-order valence-electron chi connectivity index (χ1n) is 4.89. The molecule has 2 N–H and O–H groups in total. The Labute approximate surface area is 101 Å². The van der Waals surface area contributed by atoms with E-state index in [9.17, 15) is 9.13 Å². The first-order valence-corrected chi connectivity index (χ1v) is 7.88. The lowest BCUT2D eigenvalue weighted by atomic mass is 10.9. The highest BCUT2D eigenvalue weighted by Crippen LogP contribution is 2.48. The molecule has 0 aromatic heterocycles. The van der Waals surface area contributed by atoms with Gasteiger partial charge < -0.3 is 9.79 Å². The van der Waals surface area contributed by atoms with E-state index in [4.69, 9.17) is 23.4 Å². The van der Waals surface area contributed by atoms with Crippen LogP contribution in [0.4, 0.5) is 0 Å². The fourth-order valence-electron chi connectivity index (χ4n) is 0.586. The van der Waals surface area contributed by atoms with Crippen LogP contribution in [-0.4, -0.2) is 36.7 Å². The lowest BCUT2D eigenvalue weighted by Gasteiger charge is -2.14. The maximum absolute atomic E-state index is 11.3. The third-order valence-electron chi connectivity index (χ3n) is 1.10. The molecule has 0 saturated carbocycles. The summed E-state index contributed by atoms with van der Waals surface area (Å²) in [5, 5.41) is 0. The van der Waals surface area contributed by atoms with Gasteiger partial charge in [-0.15, -0.1) is 0 Å². The normalized spacial score (nSPS) is 11.9. The standard InChI is InChI=1S/C6H15O4P.CH5O4P/c1-4-8-11(7,9-5-2)10-6-3;1-5-6(2,3)4/h4-6H2,1-3H3;1H3,(H2,2,3,4). The monoisotopic (exact) mass is 294 g/mol. The van der Waals surface area contributed by atoms with E-state index < -0.39 is 15.6 Å². The zero-order valence-corrected chi connectivity index (χ0v) is 12.1. The van der Waals surface area contributed by atoms with Gasteiger partial charge in [-0.2, -0.15) is 0 Å². The van der Waals surface area contributed by atoms with Crippen LogP contribution in [0.15, 0.2) is 0 Å². The van der Waals surface area contributed by atoms with Gasteiger partial charge in [0, 0.05) is 7.11 Å². The molecule has 0 aliphatic heterocycles. The van der Waals surface area contributed by atoms with Gasteiger partial charge in [0.05, 0.1) is 19.8 Å². The van der Waals surface area contributed by atoms with E-state index >= 15 is 0 Å². The van der Waals surface area contributed by atoms with E-state index in [1.165, 1.54) is 0 Å². The predicted molar refractivity (Wildman–Crippen MR) is 61.5 cm³/mol. The van der Waals surface area contributed by atoms with Crippen molar-refractivity contribution in [3.63, 3.8) is 0 Å². The van der Waals surface area contributed by atoms with E-state index in [-0.39, 0.29) is 0 Å². The SMILES string of the molecule is CCOP(=O)(OCC)OCC.COP(=O)(O)O. The van der Waals surface area contributed by atoms with Gasteiger partial charge in [0.25, 0.3) is 0 Å². The minimum Gasteiger partial charge on any atom is -0.303 e. The second-order valence-corrected chi connectivity index (χ2v) is 5.39. The van der Waals surface area contributed by atoms with Crippen LogP contribution in [0.3, 0.4) is 0 Å². The number of hydrogen-bond acceptors (Lipinski definition) is 6. The van der Waals surface area contributed by atoms with Gasteiger partial charge in [0.15, 0.2) is 0 Å². The van der Waals surface area contributed by atoms with Crippen LogP contribution in [-0.2, 0) is 27.2 Å². The van der Waals surface area contributed by atoms with Crippen molar-refractivity contribution >= 4 is 15.6 Å². The number of hydrogen-bond donors (Lipinski definition) is 2. The summed E-state index contributed by atoms with van der Waals surface area (Å²) >= 11 is 0. The molecule has 0 radical (unpaired) electrons. The maximum Gasteiger partial charge on any atom is 0.474 e. The zero-order valence-electron chi connectivity index (χ0n) is 10.4. The Morgan fingerprint density at radius 3 is 1.24 bits per heavy atom. The van der Waals surface area contributed by atoms with Gasteiger partial charge in [-0.05, 0) is 20.8 Å². The second-order valence-electron chi connectivity index (χ2n) is 2.37. The quantitative estimate of drug-likeness (QED) is 0.685. The number of phosphoric acid groups is 2. The highest BCUT2D eigenvalue weighted by Gasteiger charge is 2.23. The molecule has 106 valence electrons. The highest BCUT2D eigenvalue weighted by molar-refractivity contribution is 7.48. The van der Waals surface area contributed by atoms with Crippen molar-refractivity contribution < 1.29 is 37.0 Å². The molecule has 0 amide bonds. The molecule has 0 aromatic rings. The van der Waals surface area contributed by atoms with Gasteiger partial charge in [-0.25, -0.2) is 9.13 Å². The summed E-state index contributed by atoms with van der Waals surface area (Å²) in [6, 6.07) is 0. The molecule has 0 saturated heterocycles. The molecule has 0 spiro atoms. The van der Waals surface area contributed by atoms with Crippen LogP contribution in [0.5, 0.6) is 0 Å². The Hall–Kier alpha value is 0.220. The minimum atomic E-state index is -4.15. The molecule has 8 nitrogen and oxygen atoms in total. The first kappa shape index (κ1) is 19.6. The maximum atomic E-state index is 11.3. The van der Waals surface area contributed by atoms with Crippen molar-refractivity contribution in [2.24, 2.45) is 0 Å². The van der Waals surface area contributed by atoms with E-state index in [0.717, 1.165) is 7.11 Å². The van der Waals surface area contributed by atoms with Crippen molar-refractivity contribution in [2.45, 2.75) is 20.8 Å². The molecule has 0 aliphatic carbocycles. The third kappa shape index (κ3) is 14.2. The fraction of sp³-hybridized carbons (Fsp3) is 1.00. The molecule has 0 aromatic carbocycles. The average molecular weight is 294 g/mol. The molecule has 0 atom stereocenters. The molecule has 0 rings (SSSR count). The fourth-order valence-corrected chi connectivity index (χ4v) is 1.76. The van der Waals surface area contributed by atoms with Crippen LogP contribution >= 0.6 is 15.6 Å². The third-order valence-corrected chi connectivity index (χ3v) is 3.30. The van der Waals surface area contributed by atoms with E-state index in [0.29, 0.717) is 19.8 Å². The summed E-state index contributed by atoms with van der Waals surface area (Å²) in [7, 11) is -6.42. The molecule has 0 fully saturated rings. The Kier molecular flexibility index (Phi) is 11.7. The van der Waals surface area contributed by atoms with Gasteiger partial charge in [0.1, 0.15) is 0 Å². The minimum absolute atomic E-state index is 0.331. The Morgan fingerprint density at radius 2 is 1.12 bits per heavy atom. The van der Waals surface area contributed by atoms with Crippen molar-refractivity contribution in [1.29, 1.82) is 0 Å². The van der Waals surface area contributed by atoms with Crippen molar-refractivity contribution in [3.8, 4) is 0 Å². The lowest BCUT2D eigenvalue weighted by Crippen LogP contribution is -1.99.